The molecule has 3 aromatic heterocycles. The number of aromatic nitrogens is 3. The average molecular weight is 379 g/mol. The highest BCUT2D eigenvalue weighted by molar-refractivity contribution is 7.13. The largest absolute Gasteiger partial charge is 0.376 e. The molecule has 8 nitrogen and oxygen atoms in total. The summed E-state index contributed by atoms with van der Waals surface area (Å²) in [6, 6.07) is 12.2. The van der Waals surface area contributed by atoms with Crippen LogP contribution in [0, 0.1) is 17.0 Å². The van der Waals surface area contributed by atoms with Crippen LogP contribution in [0.2, 0.25) is 0 Å². The number of hydrogen-bond donors (Lipinski definition) is 1. The van der Waals surface area contributed by atoms with E-state index in [1.165, 1.54) is 17.5 Å². The van der Waals surface area contributed by atoms with Crippen LogP contribution in [0.15, 0.2) is 58.8 Å². The van der Waals surface area contributed by atoms with Crippen LogP contribution in [0.25, 0.3) is 16.2 Å². The van der Waals surface area contributed by atoms with Crippen LogP contribution in [0.3, 0.4) is 0 Å². The molecule has 0 radical (unpaired) electrons. The quantitative estimate of drug-likeness (QED) is 0.428. The summed E-state index contributed by atoms with van der Waals surface area (Å²) in [4.78, 5) is 32.0. The van der Waals surface area contributed by atoms with Crippen molar-refractivity contribution in [2.24, 2.45) is 0 Å². The van der Waals surface area contributed by atoms with Crippen LogP contribution in [-0.4, -0.2) is 19.3 Å². The van der Waals surface area contributed by atoms with E-state index in [4.69, 9.17) is 0 Å². The lowest BCUT2D eigenvalue weighted by molar-refractivity contribution is -0.385. The van der Waals surface area contributed by atoms with Crippen LogP contribution in [-0.2, 0) is 0 Å². The molecule has 0 atom stereocenters. The number of nitrogens with zero attached hydrogens (tertiary/aromatic N) is 4. The van der Waals surface area contributed by atoms with Crippen LogP contribution >= 0.6 is 11.3 Å². The molecule has 0 aliphatic carbocycles. The summed E-state index contributed by atoms with van der Waals surface area (Å²) in [5, 5.41) is 17.2. The molecule has 0 aliphatic rings. The molecular formula is C18H13N5O3S. The second kappa shape index (κ2) is 6.61. The van der Waals surface area contributed by atoms with Crippen molar-refractivity contribution in [1.82, 2.24) is 14.4 Å². The molecule has 0 fully saturated rings. The third-order valence-electron chi connectivity index (χ3n) is 3.88. The first-order valence-electron chi connectivity index (χ1n) is 7.98. The number of hydrogen-bond acceptors (Lipinski definition) is 7. The Bertz CT molecular complexity index is 1230. The molecular weight excluding hydrogens is 366 g/mol. The summed E-state index contributed by atoms with van der Waals surface area (Å²) in [7, 11) is 0. The van der Waals surface area contributed by atoms with Gasteiger partial charge >= 0.3 is 11.2 Å². The number of nitrogens with one attached hydrogen (secondary N) is 1. The number of thiazole rings is 1. The van der Waals surface area contributed by atoms with Gasteiger partial charge in [-0.15, -0.1) is 11.3 Å². The van der Waals surface area contributed by atoms with E-state index in [9.17, 15) is 14.9 Å². The number of fused-ring (bicyclic) bond motifs is 1. The first-order chi connectivity index (χ1) is 13.0. The van der Waals surface area contributed by atoms with E-state index in [1.807, 2.05) is 30.5 Å². The Morgan fingerprint density at radius 2 is 2.04 bits per heavy atom. The van der Waals surface area contributed by atoms with Crippen molar-refractivity contribution in [3.8, 4) is 10.6 Å². The number of nitro groups is 1. The Morgan fingerprint density at radius 3 is 2.78 bits per heavy atom. The molecule has 0 saturated heterocycles. The predicted octanol–water partition coefficient (Wildman–Crippen LogP) is 3.78. The minimum atomic E-state index is -0.736. The lowest BCUT2D eigenvalue weighted by Gasteiger charge is -2.09. The predicted molar refractivity (Wildman–Crippen MR) is 104 cm³/mol. The molecule has 0 saturated carbocycles. The van der Waals surface area contributed by atoms with Gasteiger partial charge in [-0.2, -0.15) is 0 Å². The Hall–Kier alpha value is -3.59. The molecule has 1 aromatic carbocycles. The highest BCUT2D eigenvalue weighted by atomic mass is 32.1. The fourth-order valence-electron chi connectivity index (χ4n) is 2.68. The number of pyridine rings is 1. The zero-order valence-electron chi connectivity index (χ0n) is 14.1. The van der Waals surface area contributed by atoms with Gasteiger partial charge in [-0.25, -0.2) is 9.97 Å². The molecule has 4 aromatic rings. The highest BCUT2D eigenvalue weighted by Crippen LogP contribution is 2.28. The smallest absolute Gasteiger partial charge is 0.334 e. The number of anilines is 2. The maximum Gasteiger partial charge on any atom is 0.376 e. The minimum Gasteiger partial charge on any atom is -0.334 e. The molecule has 0 bridgehead atoms. The lowest BCUT2D eigenvalue weighted by atomic mass is 10.2. The van der Waals surface area contributed by atoms with Gasteiger partial charge in [-0.05, 0) is 31.2 Å². The molecule has 0 unspecified atom stereocenters. The van der Waals surface area contributed by atoms with Crippen molar-refractivity contribution in [2.45, 2.75) is 6.92 Å². The molecule has 27 heavy (non-hydrogen) atoms. The van der Waals surface area contributed by atoms with Crippen molar-refractivity contribution in [3.63, 3.8) is 0 Å². The third-order valence-corrected chi connectivity index (χ3v) is 4.89. The maximum absolute atomic E-state index is 12.5. The van der Waals surface area contributed by atoms with Gasteiger partial charge in [0.25, 0.3) is 0 Å². The fourth-order valence-corrected chi connectivity index (χ4v) is 3.48. The zero-order valence-corrected chi connectivity index (χ0v) is 14.9. The number of aryl methyl sites for hydroxylation is 1. The standard InChI is InChI=1S/C18H13N5O3S/c1-11-10-27-17(19-11)12-5-4-6-13(9-12)20-16-15(23(25)26)18(24)22-8-3-2-7-14(22)21-16/h2-10,20H,1H3. The van der Waals surface area contributed by atoms with Crippen LogP contribution in [0.1, 0.15) is 5.69 Å². The Labute approximate surface area is 156 Å². The van der Waals surface area contributed by atoms with Crippen LogP contribution in [0.5, 0.6) is 0 Å². The van der Waals surface area contributed by atoms with Crippen LogP contribution < -0.4 is 10.9 Å². The first-order valence-corrected chi connectivity index (χ1v) is 8.86. The van der Waals surface area contributed by atoms with E-state index in [-0.39, 0.29) is 5.82 Å². The Kier molecular flexibility index (Phi) is 4.13. The van der Waals surface area contributed by atoms with Crippen molar-refractivity contribution in [2.75, 3.05) is 5.32 Å². The molecule has 9 heteroatoms. The summed E-state index contributed by atoms with van der Waals surface area (Å²) in [5.41, 5.74) is 1.36. The SMILES string of the molecule is Cc1csc(-c2cccc(Nc3nc4ccccn4c(=O)c3[N+](=O)[O-])c2)n1. The normalized spacial score (nSPS) is 10.9. The van der Waals surface area contributed by atoms with Crippen LogP contribution in [0.4, 0.5) is 17.2 Å². The van der Waals surface area contributed by atoms with E-state index >= 15 is 0 Å². The molecule has 0 aliphatic heterocycles. The van der Waals surface area contributed by atoms with Gasteiger partial charge in [-0.3, -0.25) is 19.3 Å². The molecule has 0 amide bonds. The second-order valence-corrected chi connectivity index (χ2v) is 6.66. The van der Waals surface area contributed by atoms with Gasteiger partial charge in [0.2, 0.25) is 5.82 Å². The topological polar surface area (TPSA) is 102 Å². The summed E-state index contributed by atoms with van der Waals surface area (Å²) in [6.07, 6.45) is 1.45. The molecule has 3 heterocycles. The van der Waals surface area contributed by atoms with Gasteiger partial charge in [0.1, 0.15) is 10.7 Å². The Balaban J connectivity index is 1.81. The third kappa shape index (κ3) is 3.15. The van der Waals surface area contributed by atoms with Gasteiger partial charge in [0, 0.05) is 28.5 Å². The lowest BCUT2D eigenvalue weighted by Crippen LogP contribution is -2.20. The molecule has 134 valence electrons. The number of rotatable bonds is 4. The van der Waals surface area contributed by atoms with Gasteiger partial charge in [-0.1, -0.05) is 18.2 Å². The molecule has 1 N–H and O–H groups in total. The first kappa shape index (κ1) is 16.9. The second-order valence-electron chi connectivity index (χ2n) is 5.80. The number of benzene rings is 1. The van der Waals surface area contributed by atoms with E-state index in [1.54, 1.807) is 24.3 Å². The summed E-state index contributed by atoms with van der Waals surface area (Å²) in [6.45, 7) is 1.91. The summed E-state index contributed by atoms with van der Waals surface area (Å²) in [5.74, 6) is -0.0938. The monoisotopic (exact) mass is 379 g/mol. The minimum absolute atomic E-state index is 0.0938. The van der Waals surface area contributed by atoms with E-state index < -0.39 is 16.2 Å². The van der Waals surface area contributed by atoms with Gasteiger partial charge < -0.3 is 5.32 Å². The van der Waals surface area contributed by atoms with Crippen molar-refractivity contribution in [1.29, 1.82) is 0 Å². The highest BCUT2D eigenvalue weighted by Gasteiger charge is 2.23. The van der Waals surface area contributed by atoms with E-state index in [0.29, 0.717) is 11.3 Å². The zero-order chi connectivity index (χ0) is 19.0. The van der Waals surface area contributed by atoms with Crippen molar-refractivity contribution < 1.29 is 4.92 Å². The van der Waals surface area contributed by atoms with Gasteiger partial charge in [0.05, 0.1) is 4.92 Å². The average Bonchev–Trinajstić information content (AvgIpc) is 3.08. The molecule has 0 spiro atoms. The van der Waals surface area contributed by atoms with Crippen molar-refractivity contribution in [3.05, 3.63) is 80.2 Å². The van der Waals surface area contributed by atoms with E-state index in [2.05, 4.69) is 15.3 Å². The van der Waals surface area contributed by atoms with E-state index in [0.717, 1.165) is 20.7 Å². The summed E-state index contributed by atoms with van der Waals surface area (Å²) >= 11 is 1.51. The maximum atomic E-state index is 12.5. The van der Waals surface area contributed by atoms with Crippen molar-refractivity contribution >= 4 is 34.2 Å². The van der Waals surface area contributed by atoms with Gasteiger partial charge in [0.15, 0.2) is 0 Å². The summed E-state index contributed by atoms with van der Waals surface area (Å²) < 4.78 is 1.15. The fraction of sp³-hybridized carbons (Fsp3) is 0.0556. The Morgan fingerprint density at radius 1 is 1.19 bits per heavy atom. The molecule has 4 rings (SSSR count).